The van der Waals surface area contributed by atoms with Gasteiger partial charge in [0.2, 0.25) is 0 Å². The van der Waals surface area contributed by atoms with E-state index in [1.54, 1.807) is 21.8 Å². The Labute approximate surface area is 414 Å². The Morgan fingerprint density at radius 2 is 0.764 bits per heavy atom. The van der Waals surface area contributed by atoms with Gasteiger partial charge in [-0.25, -0.2) is 0 Å². The summed E-state index contributed by atoms with van der Waals surface area (Å²) in [6.45, 7) is 11.0. The first-order valence-electron chi connectivity index (χ1n) is 23.1. The molecule has 2 aromatic rings. The summed E-state index contributed by atoms with van der Waals surface area (Å²) in [5.41, 5.74) is 0.791. The highest BCUT2D eigenvalue weighted by molar-refractivity contribution is 5.70. The smallest absolute Gasteiger partial charge is 0.303 e. The molecule has 2 aliphatic rings. The van der Waals surface area contributed by atoms with E-state index in [1.165, 1.54) is 13.8 Å². The van der Waals surface area contributed by atoms with Crippen molar-refractivity contribution in [3.8, 4) is 0 Å². The van der Waals surface area contributed by atoms with Crippen molar-refractivity contribution >= 4 is 47.8 Å². The standard InChI is InChI=1S/C44H64N6O22/c1-25(51)61-23-35-37(65-27(3)53)39(67-29(5)55)41(69-31(7)57)43(71-35)63-21-33-19-49(47-45-33)13-11-17-59-15-9-10-16-60-18-12-14-50-20-34(46-48-50)22-64-44-42(70-32(8)58)40(68-30(6)56)38(66-28(4)54)36(72-44)24-62-26(2)52/h19-20,35-44H,9-18,21-24H2,1-8H3/t35-,36-,37-,38-,39+,40+,41-,42-,43-,44-/m1/s1. The lowest BCUT2D eigenvalue weighted by molar-refractivity contribution is -0.310. The molecule has 0 bridgehead atoms. The van der Waals surface area contributed by atoms with E-state index in [0.717, 1.165) is 54.4 Å². The fourth-order valence-corrected chi connectivity index (χ4v) is 7.28. The maximum atomic E-state index is 12.1. The van der Waals surface area contributed by atoms with Crippen LogP contribution in [0.3, 0.4) is 0 Å². The van der Waals surface area contributed by atoms with Gasteiger partial charge in [0.15, 0.2) is 49.2 Å². The van der Waals surface area contributed by atoms with E-state index in [0.29, 0.717) is 63.7 Å². The Morgan fingerprint density at radius 3 is 1.10 bits per heavy atom. The number of unbranched alkanes of at least 4 members (excludes halogenated alkanes) is 1. The lowest BCUT2D eigenvalue weighted by Gasteiger charge is -2.43. The van der Waals surface area contributed by atoms with Gasteiger partial charge in [-0.05, 0) is 25.7 Å². The fourth-order valence-electron chi connectivity index (χ4n) is 7.28. The van der Waals surface area contributed by atoms with Crippen molar-refractivity contribution in [2.75, 3.05) is 39.6 Å². The number of nitrogens with zero attached hydrogens (tertiary/aromatic N) is 6. The van der Waals surface area contributed by atoms with Crippen LogP contribution in [0, 0.1) is 0 Å². The number of ether oxygens (including phenoxy) is 14. The van der Waals surface area contributed by atoms with Crippen molar-refractivity contribution in [1.82, 2.24) is 30.0 Å². The second-order valence-electron chi connectivity index (χ2n) is 16.3. The fraction of sp³-hybridized carbons (Fsp3) is 0.727. The lowest BCUT2D eigenvalue weighted by atomic mass is 9.98. The number of esters is 8. The van der Waals surface area contributed by atoms with Gasteiger partial charge in [-0.1, -0.05) is 10.4 Å². The average molecular weight is 1030 g/mol. The molecule has 402 valence electrons. The van der Waals surface area contributed by atoms with E-state index in [2.05, 4.69) is 20.6 Å². The van der Waals surface area contributed by atoms with Crippen LogP contribution in [-0.2, 0) is 131 Å². The zero-order chi connectivity index (χ0) is 52.7. The van der Waals surface area contributed by atoms with Crippen LogP contribution in [0.1, 0.15) is 92.5 Å². The SMILES string of the molecule is CC(=O)OC[C@H]1O[C@@H](OCc2cn(CCCOCCCCOCCCn3cc(CO[C@@H]4O[C@H](COC(C)=O)[C@@H](OC(C)=O)[C@H](OC(C)=O)[C@H]4OC(C)=O)nn3)nn2)[C@H](OC(C)=O)[C@@H](OC(C)=O)[C@@H]1OC(C)=O. The van der Waals surface area contributed by atoms with Crippen LogP contribution < -0.4 is 0 Å². The van der Waals surface area contributed by atoms with Gasteiger partial charge in [-0.2, -0.15) is 0 Å². The second-order valence-corrected chi connectivity index (χ2v) is 16.3. The molecule has 0 amide bonds. The van der Waals surface area contributed by atoms with E-state index >= 15 is 0 Å². The normalized spacial score (nSPS) is 23.8. The lowest BCUT2D eigenvalue weighted by Crippen LogP contribution is -2.62. The van der Waals surface area contributed by atoms with E-state index < -0.39 is 109 Å². The highest BCUT2D eigenvalue weighted by Crippen LogP contribution is 2.32. The molecule has 0 radical (unpaired) electrons. The Hall–Kier alpha value is -6.20. The van der Waals surface area contributed by atoms with Crippen molar-refractivity contribution in [2.45, 2.75) is 169 Å². The van der Waals surface area contributed by atoms with E-state index in [1.807, 2.05) is 0 Å². The molecule has 0 saturated carbocycles. The van der Waals surface area contributed by atoms with Crippen LogP contribution in [0.5, 0.6) is 0 Å². The van der Waals surface area contributed by atoms with Gasteiger partial charge < -0.3 is 66.3 Å². The van der Waals surface area contributed by atoms with Gasteiger partial charge in [0.05, 0.1) is 25.6 Å². The number of carbonyl (C=O) groups is 8. The van der Waals surface area contributed by atoms with Crippen LogP contribution in [0.25, 0.3) is 0 Å². The summed E-state index contributed by atoms with van der Waals surface area (Å²) in [4.78, 5) is 95.5. The minimum Gasteiger partial charge on any atom is -0.463 e. The first-order valence-corrected chi connectivity index (χ1v) is 23.1. The Bertz CT molecular complexity index is 1960. The summed E-state index contributed by atoms with van der Waals surface area (Å²) in [6, 6.07) is 0. The molecule has 0 unspecified atom stereocenters. The molecule has 0 aliphatic carbocycles. The first-order chi connectivity index (χ1) is 34.3. The predicted molar refractivity (Wildman–Crippen MR) is 234 cm³/mol. The highest BCUT2D eigenvalue weighted by atomic mass is 16.7. The van der Waals surface area contributed by atoms with Crippen LogP contribution in [0.15, 0.2) is 12.4 Å². The molecule has 4 heterocycles. The number of carbonyl (C=O) groups excluding carboxylic acids is 8. The number of rotatable bonds is 29. The van der Waals surface area contributed by atoms with Gasteiger partial charge in [0.25, 0.3) is 0 Å². The molecule has 2 fully saturated rings. The zero-order valence-electron chi connectivity index (χ0n) is 41.5. The molecular formula is C44H64N6O22. The average Bonchev–Trinajstić information content (AvgIpc) is 3.95. The minimum atomic E-state index is -1.37. The van der Waals surface area contributed by atoms with Gasteiger partial charge in [0.1, 0.15) is 36.8 Å². The van der Waals surface area contributed by atoms with Gasteiger partial charge in [0, 0.05) is 94.9 Å². The van der Waals surface area contributed by atoms with E-state index in [4.69, 9.17) is 66.3 Å². The summed E-state index contributed by atoms with van der Waals surface area (Å²) >= 11 is 0. The Kier molecular flexibility index (Phi) is 24.3. The topological polar surface area (TPSA) is 327 Å². The third-order valence-corrected chi connectivity index (χ3v) is 10.0. The number of hydrogen-bond acceptors (Lipinski definition) is 26. The molecule has 10 atom stereocenters. The van der Waals surface area contributed by atoms with Crippen molar-refractivity contribution < 1.29 is 105 Å². The molecule has 2 aromatic heterocycles. The molecular weight excluding hydrogens is 965 g/mol. The van der Waals surface area contributed by atoms with E-state index in [-0.39, 0.29) is 26.4 Å². The molecule has 28 nitrogen and oxygen atoms in total. The maximum absolute atomic E-state index is 12.1. The molecule has 0 N–H and O–H groups in total. The van der Waals surface area contributed by atoms with Crippen molar-refractivity contribution in [3.63, 3.8) is 0 Å². The molecule has 0 aromatic carbocycles. The number of aryl methyl sites for hydroxylation is 2. The minimum absolute atomic E-state index is 0.170. The molecule has 72 heavy (non-hydrogen) atoms. The first kappa shape index (κ1) is 58.4. The third kappa shape index (κ3) is 20.5. The summed E-state index contributed by atoms with van der Waals surface area (Å²) in [6.07, 6.45) is -6.99. The maximum Gasteiger partial charge on any atom is 0.303 e. The second kappa shape index (κ2) is 30.0. The van der Waals surface area contributed by atoms with Gasteiger partial charge in [-0.3, -0.25) is 47.7 Å². The highest BCUT2D eigenvalue weighted by Gasteiger charge is 2.54. The zero-order valence-corrected chi connectivity index (χ0v) is 41.5. The number of aromatic nitrogens is 6. The van der Waals surface area contributed by atoms with Crippen LogP contribution in [-0.4, -0.2) is 179 Å². The van der Waals surface area contributed by atoms with Crippen molar-refractivity contribution in [2.24, 2.45) is 0 Å². The van der Waals surface area contributed by atoms with Gasteiger partial charge in [-0.15, -0.1) is 10.2 Å². The molecule has 28 heteroatoms. The van der Waals surface area contributed by atoms with Crippen LogP contribution in [0.2, 0.25) is 0 Å². The Morgan fingerprint density at radius 1 is 0.444 bits per heavy atom. The van der Waals surface area contributed by atoms with Crippen LogP contribution in [0.4, 0.5) is 0 Å². The molecule has 2 aliphatic heterocycles. The van der Waals surface area contributed by atoms with Crippen molar-refractivity contribution in [1.29, 1.82) is 0 Å². The van der Waals surface area contributed by atoms with E-state index in [9.17, 15) is 38.4 Å². The summed E-state index contributed by atoms with van der Waals surface area (Å²) in [7, 11) is 0. The molecule has 2 saturated heterocycles. The van der Waals surface area contributed by atoms with Crippen molar-refractivity contribution in [3.05, 3.63) is 23.8 Å². The Balaban J connectivity index is 1.13. The third-order valence-electron chi connectivity index (χ3n) is 10.0. The largest absolute Gasteiger partial charge is 0.463 e. The summed E-state index contributed by atoms with van der Waals surface area (Å²) < 4.78 is 81.1. The molecule has 4 rings (SSSR count). The van der Waals surface area contributed by atoms with Crippen LogP contribution >= 0.6 is 0 Å². The summed E-state index contributed by atoms with van der Waals surface area (Å²) in [5.74, 6) is -5.81. The number of hydrogen-bond donors (Lipinski definition) is 0. The molecule has 0 spiro atoms. The predicted octanol–water partition coefficient (Wildman–Crippen LogP) is 0.363. The summed E-state index contributed by atoms with van der Waals surface area (Å²) in [5, 5.41) is 16.5. The monoisotopic (exact) mass is 1030 g/mol. The quantitative estimate of drug-likeness (QED) is 0.0603. The van der Waals surface area contributed by atoms with Gasteiger partial charge >= 0.3 is 47.8 Å².